The van der Waals surface area contributed by atoms with Crippen LogP contribution in [-0.2, 0) is 9.59 Å². The molecule has 3 rings (SSSR count). The molecule has 2 aromatic rings. The van der Waals surface area contributed by atoms with Crippen molar-refractivity contribution in [2.75, 3.05) is 11.9 Å². The topological polar surface area (TPSA) is 66.5 Å². The lowest BCUT2D eigenvalue weighted by molar-refractivity contribution is -0.131. The first kappa shape index (κ1) is 20.1. The van der Waals surface area contributed by atoms with E-state index in [1.165, 1.54) is 0 Å². The number of carbonyl (C=O) groups excluding carboxylic acids is 3. The van der Waals surface area contributed by atoms with Gasteiger partial charge in [-0.25, -0.2) is 0 Å². The van der Waals surface area contributed by atoms with E-state index in [0.717, 1.165) is 0 Å². The number of benzene rings is 2. The van der Waals surface area contributed by atoms with Crippen LogP contribution in [0.15, 0.2) is 48.5 Å². The van der Waals surface area contributed by atoms with E-state index >= 15 is 0 Å². The molecular weight excluding hydrogens is 376 g/mol. The van der Waals surface area contributed by atoms with Crippen molar-refractivity contribution in [3.8, 4) is 0 Å². The average molecular weight is 399 g/mol. The van der Waals surface area contributed by atoms with Crippen LogP contribution in [0.1, 0.15) is 43.1 Å². The molecule has 0 saturated carbocycles. The highest BCUT2D eigenvalue weighted by Crippen LogP contribution is 2.28. The summed E-state index contributed by atoms with van der Waals surface area (Å²) in [6.07, 6.45) is 0.165. The zero-order chi connectivity index (χ0) is 20.5. The van der Waals surface area contributed by atoms with Crippen molar-refractivity contribution in [2.45, 2.75) is 32.7 Å². The Labute approximate surface area is 169 Å². The number of anilines is 1. The van der Waals surface area contributed by atoms with Gasteiger partial charge in [0.25, 0.3) is 0 Å². The lowest BCUT2D eigenvalue weighted by atomic mass is 10.0. The minimum Gasteiger partial charge on any atom is -0.337 e. The van der Waals surface area contributed by atoms with Gasteiger partial charge >= 0.3 is 0 Å². The van der Waals surface area contributed by atoms with Crippen LogP contribution in [0.25, 0.3) is 0 Å². The number of rotatable bonds is 4. The molecule has 1 saturated heterocycles. The first-order chi connectivity index (χ1) is 13.2. The van der Waals surface area contributed by atoms with Crippen molar-refractivity contribution in [3.05, 3.63) is 64.7 Å². The maximum atomic E-state index is 12.9. The summed E-state index contributed by atoms with van der Waals surface area (Å²) in [5.41, 5.74) is 0.894. The third kappa shape index (κ3) is 4.25. The van der Waals surface area contributed by atoms with E-state index in [1.54, 1.807) is 47.4 Å². The number of likely N-dealkylation sites (tertiary alicyclic amines) is 1. The maximum Gasteiger partial charge on any atom is 0.229 e. The summed E-state index contributed by atoms with van der Waals surface area (Å²) >= 11 is 6.08. The summed E-state index contributed by atoms with van der Waals surface area (Å²) in [7, 11) is 0. The molecule has 28 heavy (non-hydrogen) atoms. The summed E-state index contributed by atoms with van der Waals surface area (Å²) in [5, 5.41) is 3.24. The number of hydrogen-bond acceptors (Lipinski definition) is 3. The highest BCUT2D eigenvalue weighted by molar-refractivity contribution is 6.31. The third-order valence-electron chi connectivity index (χ3n) is 4.83. The SMILES string of the molecule is CC(C)(C)N1CC(C(=O)Nc2ccc(Cl)cc2C(=O)c2ccccc2)CC1=O. The predicted octanol–water partition coefficient (Wildman–Crippen LogP) is 4.16. The summed E-state index contributed by atoms with van der Waals surface area (Å²) < 4.78 is 0. The summed E-state index contributed by atoms with van der Waals surface area (Å²) in [5.74, 6) is -0.992. The molecule has 2 amide bonds. The molecule has 5 nitrogen and oxygen atoms in total. The Morgan fingerprint density at radius 2 is 1.79 bits per heavy atom. The van der Waals surface area contributed by atoms with Crippen LogP contribution >= 0.6 is 11.6 Å². The number of nitrogens with one attached hydrogen (secondary N) is 1. The number of carbonyl (C=O) groups is 3. The van der Waals surface area contributed by atoms with Crippen molar-refractivity contribution >= 4 is 34.9 Å². The quantitative estimate of drug-likeness (QED) is 0.786. The second kappa shape index (κ2) is 7.76. The van der Waals surface area contributed by atoms with Crippen LogP contribution in [0, 0.1) is 5.92 Å². The van der Waals surface area contributed by atoms with Crippen LogP contribution in [0.3, 0.4) is 0 Å². The molecule has 0 spiro atoms. The molecule has 6 heteroatoms. The van der Waals surface area contributed by atoms with Gasteiger partial charge in [-0.1, -0.05) is 41.9 Å². The standard InChI is InChI=1S/C22H23ClN2O3/c1-22(2,3)25-13-15(11-19(25)26)21(28)24-18-10-9-16(23)12-17(18)20(27)14-7-5-4-6-8-14/h4-10,12,15H,11,13H2,1-3H3,(H,24,28). The van der Waals surface area contributed by atoms with Crippen molar-refractivity contribution in [3.63, 3.8) is 0 Å². The number of ketones is 1. The van der Waals surface area contributed by atoms with E-state index < -0.39 is 5.92 Å². The number of halogens is 1. The van der Waals surface area contributed by atoms with E-state index in [2.05, 4.69) is 5.32 Å². The Kier molecular flexibility index (Phi) is 5.57. The summed E-state index contributed by atoms with van der Waals surface area (Å²) in [6.45, 7) is 6.20. The third-order valence-corrected chi connectivity index (χ3v) is 5.06. The Balaban J connectivity index is 1.82. The van der Waals surface area contributed by atoms with Crippen LogP contribution in [0.2, 0.25) is 5.02 Å². The van der Waals surface area contributed by atoms with Crippen molar-refractivity contribution in [1.29, 1.82) is 0 Å². The molecule has 1 aliphatic heterocycles. The number of nitrogens with zero attached hydrogens (tertiary/aromatic N) is 1. The van der Waals surface area contributed by atoms with Gasteiger partial charge < -0.3 is 10.2 Å². The summed E-state index contributed by atoms with van der Waals surface area (Å²) in [6, 6.07) is 13.6. The van der Waals surface area contributed by atoms with Crippen LogP contribution < -0.4 is 5.32 Å². The molecule has 2 aromatic carbocycles. The fourth-order valence-electron chi connectivity index (χ4n) is 3.32. The predicted molar refractivity (Wildman–Crippen MR) is 110 cm³/mol. The lowest BCUT2D eigenvalue weighted by Crippen LogP contribution is -2.42. The van der Waals surface area contributed by atoms with Crippen LogP contribution in [0.5, 0.6) is 0 Å². The maximum absolute atomic E-state index is 12.9. The average Bonchev–Trinajstić information content (AvgIpc) is 3.05. The van der Waals surface area contributed by atoms with Gasteiger partial charge in [0.15, 0.2) is 5.78 Å². The zero-order valence-corrected chi connectivity index (χ0v) is 16.9. The van der Waals surface area contributed by atoms with Crippen molar-refractivity contribution in [1.82, 2.24) is 4.90 Å². The van der Waals surface area contributed by atoms with E-state index in [9.17, 15) is 14.4 Å². The molecule has 1 aliphatic rings. The Morgan fingerprint density at radius 3 is 2.39 bits per heavy atom. The van der Waals surface area contributed by atoms with E-state index in [-0.39, 0.29) is 29.6 Å². The molecular formula is C22H23ClN2O3. The van der Waals surface area contributed by atoms with Gasteiger partial charge in [-0.3, -0.25) is 14.4 Å². The molecule has 1 atom stereocenters. The number of hydrogen-bond donors (Lipinski definition) is 1. The van der Waals surface area contributed by atoms with E-state index in [1.807, 2.05) is 26.8 Å². The second-order valence-electron chi connectivity index (χ2n) is 7.95. The zero-order valence-electron chi connectivity index (χ0n) is 16.2. The molecule has 1 heterocycles. The van der Waals surface area contributed by atoms with Crippen LogP contribution in [-0.4, -0.2) is 34.6 Å². The molecule has 0 radical (unpaired) electrons. The molecule has 1 fully saturated rings. The Morgan fingerprint density at radius 1 is 1.11 bits per heavy atom. The van der Waals surface area contributed by atoms with E-state index in [0.29, 0.717) is 28.4 Å². The van der Waals surface area contributed by atoms with Gasteiger partial charge in [0.2, 0.25) is 11.8 Å². The minimum atomic E-state index is -0.456. The first-order valence-electron chi connectivity index (χ1n) is 9.17. The first-order valence-corrected chi connectivity index (χ1v) is 9.55. The molecule has 0 aromatic heterocycles. The van der Waals surface area contributed by atoms with Gasteiger partial charge in [-0.05, 0) is 39.0 Å². The fraction of sp³-hybridized carbons (Fsp3) is 0.318. The molecule has 0 bridgehead atoms. The summed E-state index contributed by atoms with van der Waals surface area (Å²) in [4.78, 5) is 39.7. The normalized spacial score (nSPS) is 16.9. The monoisotopic (exact) mass is 398 g/mol. The Hall–Kier alpha value is -2.66. The number of amides is 2. The van der Waals surface area contributed by atoms with Gasteiger partial charge in [0, 0.05) is 34.7 Å². The molecule has 1 N–H and O–H groups in total. The van der Waals surface area contributed by atoms with Crippen molar-refractivity contribution in [2.24, 2.45) is 5.92 Å². The van der Waals surface area contributed by atoms with Gasteiger partial charge in [0.1, 0.15) is 0 Å². The van der Waals surface area contributed by atoms with E-state index in [4.69, 9.17) is 11.6 Å². The largest absolute Gasteiger partial charge is 0.337 e. The smallest absolute Gasteiger partial charge is 0.229 e. The fourth-order valence-corrected chi connectivity index (χ4v) is 3.50. The van der Waals surface area contributed by atoms with Crippen molar-refractivity contribution < 1.29 is 14.4 Å². The van der Waals surface area contributed by atoms with Gasteiger partial charge in [-0.15, -0.1) is 0 Å². The lowest BCUT2D eigenvalue weighted by Gasteiger charge is -2.31. The molecule has 1 unspecified atom stereocenters. The highest BCUT2D eigenvalue weighted by atomic mass is 35.5. The highest BCUT2D eigenvalue weighted by Gasteiger charge is 2.39. The second-order valence-corrected chi connectivity index (χ2v) is 8.39. The molecule has 0 aliphatic carbocycles. The minimum absolute atomic E-state index is 0.0376. The van der Waals surface area contributed by atoms with Gasteiger partial charge in [0.05, 0.1) is 11.6 Å². The van der Waals surface area contributed by atoms with Gasteiger partial charge in [-0.2, -0.15) is 0 Å². The van der Waals surface area contributed by atoms with Crippen LogP contribution in [0.4, 0.5) is 5.69 Å². The molecule has 146 valence electrons. The Bertz CT molecular complexity index is 919.